The largest absolute Gasteiger partial charge is 0.391 e. The van der Waals surface area contributed by atoms with Crippen LogP contribution in [-0.2, 0) is 29.2 Å². The van der Waals surface area contributed by atoms with Crippen molar-refractivity contribution in [2.45, 2.75) is 38.3 Å². The fraction of sp³-hybridized carbons (Fsp3) is 0.750. The van der Waals surface area contributed by atoms with Crippen LogP contribution < -0.4 is 0 Å². The van der Waals surface area contributed by atoms with Gasteiger partial charge in [-0.05, 0) is 25.2 Å². The molecule has 6 heteroatoms. The molecule has 100 valence electrons. The zero-order valence-corrected chi connectivity index (χ0v) is 11.1. The highest BCUT2D eigenvalue weighted by Crippen LogP contribution is 2.24. The molecule has 3 heterocycles. The molecule has 2 unspecified atom stereocenters. The van der Waals surface area contributed by atoms with Crippen molar-refractivity contribution in [3.05, 3.63) is 17.7 Å². The highest BCUT2D eigenvalue weighted by Gasteiger charge is 2.30. The number of hydrogen-bond donors (Lipinski definition) is 1. The molecule has 0 aromatic carbocycles. The van der Waals surface area contributed by atoms with E-state index in [4.69, 9.17) is 0 Å². The lowest BCUT2D eigenvalue weighted by Gasteiger charge is -2.22. The maximum Gasteiger partial charge on any atom is 0.150 e. The zero-order valence-electron chi connectivity index (χ0n) is 10.2. The van der Waals surface area contributed by atoms with Crippen LogP contribution >= 0.6 is 0 Å². The molecule has 0 radical (unpaired) electrons. The van der Waals surface area contributed by atoms with Crippen molar-refractivity contribution in [1.29, 1.82) is 0 Å². The van der Waals surface area contributed by atoms with Crippen LogP contribution in [0.1, 0.15) is 24.4 Å². The second-order valence-electron chi connectivity index (χ2n) is 5.44. The van der Waals surface area contributed by atoms with Gasteiger partial charge in [0.2, 0.25) is 0 Å². The first-order chi connectivity index (χ1) is 8.53. The molecule has 0 bridgehead atoms. The summed E-state index contributed by atoms with van der Waals surface area (Å²) >= 11 is 0. The van der Waals surface area contributed by atoms with Gasteiger partial charge in [0.25, 0.3) is 0 Å². The summed E-state index contributed by atoms with van der Waals surface area (Å²) in [7, 11) is -2.82. The van der Waals surface area contributed by atoms with E-state index in [1.54, 1.807) is 0 Å². The molecule has 2 atom stereocenters. The second kappa shape index (κ2) is 4.35. The van der Waals surface area contributed by atoms with E-state index in [0.717, 1.165) is 30.8 Å². The van der Waals surface area contributed by atoms with E-state index < -0.39 is 9.84 Å². The smallest absolute Gasteiger partial charge is 0.150 e. The molecule has 1 aromatic rings. The van der Waals surface area contributed by atoms with Crippen LogP contribution in [-0.4, -0.2) is 40.7 Å². The van der Waals surface area contributed by atoms with Crippen LogP contribution in [0.4, 0.5) is 0 Å². The van der Waals surface area contributed by atoms with Crippen molar-refractivity contribution < 1.29 is 13.5 Å². The lowest BCUT2D eigenvalue weighted by Crippen LogP contribution is -2.26. The molecule has 1 saturated heterocycles. The Bertz CT molecular complexity index is 550. The molecule has 2 aliphatic heterocycles. The molecule has 5 nitrogen and oxygen atoms in total. The van der Waals surface area contributed by atoms with E-state index in [2.05, 4.69) is 9.55 Å². The van der Waals surface area contributed by atoms with Crippen LogP contribution in [0.5, 0.6) is 0 Å². The minimum atomic E-state index is -2.82. The fourth-order valence-electron chi connectivity index (χ4n) is 2.95. The molecular formula is C12H18N2O3S. The molecule has 18 heavy (non-hydrogen) atoms. The number of fused-ring (bicyclic) bond motifs is 1. The summed E-state index contributed by atoms with van der Waals surface area (Å²) in [5.74, 6) is 1.73. The summed E-state index contributed by atoms with van der Waals surface area (Å²) in [6, 6.07) is 0. The number of sulfone groups is 1. The van der Waals surface area contributed by atoms with E-state index >= 15 is 0 Å². The predicted molar refractivity (Wildman–Crippen MR) is 67.0 cm³/mol. The van der Waals surface area contributed by atoms with E-state index in [1.165, 1.54) is 0 Å². The van der Waals surface area contributed by atoms with Crippen LogP contribution in [0.3, 0.4) is 0 Å². The highest BCUT2D eigenvalue weighted by atomic mass is 32.2. The Labute approximate surface area is 107 Å². The average molecular weight is 270 g/mol. The van der Waals surface area contributed by atoms with Gasteiger partial charge in [0.15, 0.2) is 9.84 Å². The number of rotatable bonds is 2. The maximum atomic E-state index is 11.4. The van der Waals surface area contributed by atoms with Gasteiger partial charge in [-0.15, -0.1) is 0 Å². The third kappa shape index (κ3) is 2.31. The summed E-state index contributed by atoms with van der Waals surface area (Å²) < 4.78 is 25.0. The number of aliphatic hydroxyl groups is 1. The Hall–Kier alpha value is -0.880. The maximum absolute atomic E-state index is 11.4. The summed E-state index contributed by atoms with van der Waals surface area (Å²) in [6.45, 7) is 0.601. The molecule has 0 spiro atoms. The summed E-state index contributed by atoms with van der Waals surface area (Å²) in [6.07, 6.45) is 4.68. The van der Waals surface area contributed by atoms with Gasteiger partial charge in [0, 0.05) is 18.3 Å². The first-order valence-corrected chi connectivity index (χ1v) is 8.27. The molecule has 0 aliphatic carbocycles. The number of nitrogens with zero attached hydrogens (tertiary/aromatic N) is 2. The molecular weight excluding hydrogens is 252 g/mol. The van der Waals surface area contributed by atoms with Gasteiger partial charge in [-0.3, -0.25) is 0 Å². The Morgan fingerprint density at radius 1 is 1.44 bits per heavy atom. The van der Waals surface area contributed by atoms with E-state index in [-0.39, 0.29) is 17.8 Å². The minimum Gasteiger partial charge on any atom is -0.391 e. The molecule has 0 saturated carbocycles. The number of hydrogen-bond acceptors (Lipinski definition) is 4. The number of aryl methyl sites for hydroxylation is 1. The van der Waals surface area contributed by atoms with Crippen LogP contribution in [0.25, 0.3) is 0 Å². The SMILES string of the molecule is O=S1(=O)CCC(Cc2ncc3n2CC(O)CC3)C1. The Morgan fingerprint density at radius 3 is 3.00 bits per heavy atom. The normalized spacial score (nSPS) is 30.3. The first kappa shape index (κ1) is 12.2. The van der Waals surface area contributed by atoms with Gasteiger partial charge in [-0.1, -0.05) is 0 Å². The van der Waals surface area contributed by atoms with Crippen LogP contribution in [0, 0.1) is 5.92 Å². The van der Waals surface area contributed by atoms with Gasteiger partial charge in [0.05, 0.1) is 24.2 Å². The molecule has 3 rings (SSSR count). The van der Waals surface area contributed by atoms with Crippen LogP contribution in [0.15, 0.2) is 6.20 Å². The fourth-order valence-corrected chi connectivity index (χ4v) is 4.81. The van der Waals surface area contributed by atoms with Crippen molar-refractivity contribution >= 4 is 9.84 Å². The second-order valence-corrected chi connectivity index (χ2v) is 7.67. The first-order valence-electron chi connectivity index (χ1n) is 6.45. The van der Waals surface area contributed by atoms with E-state index in [1.807, 2.05) is 6.20 Å². The number of aliphatic hydroxyl groups excluding tert-OH is 1. The van der Waals surface area contributed by atoms with Crippen molar-refractivity contribution in [1.82, 2.24) is 9.55 Å². The van der Waals surface area contributed by atoms with Crippen molar-refractivity contribution in [2.75, 3.05) is 11.5 Å². The minimum absolute atomic E-state index is 0.195. The third-order valence-corrected chi connectivity index (χ3v) is 5.78. The van der Waals surface area contributed by atoms with Crippen molar-refractivity contribution in [3.8, 4) is 0 Å². The molecule has 2 aliphatic rings. The Morgan fingerprint density at radius 2 is 2.28 bits per heavy atom. The average Bonchev–Trinajstić information content (AvgIpc) is 2.84. The van der Waals surface area contributed by atoms with E-state index in [0.29, 0.717) is 18.7 Å². The molecule has 1 N–H and O–H groups in total. The van der Waals surface area contributed by atoms with Crippen molar-refractivity contribution in [2.24, 2.45) is 5.92 Å². The summed E-state index contributed by atoms with van der Waals surface area (Å²) in [5.41, 5.74) is 1.16. The molecule has 0 amide bonds. The Kier molecular flexibility index (Phi) is 2.94. The summed E-state index contributed by atoms with van der Waals surface area (Å²) in [5, 5.41) is 9.70. The predicted octanol–water partition coefficient (Wildman–Crippen LogP) is 0.167. The number of imidazole rings is 1. The van der Waals surface area contributed by atoms with Gasteiger partial charge in [0.1, 0.15) is 5.82 Å². The Balaban J connectivity index is 1.76. The lowest BCUT2D eigenvalue weighted by molar-refractivity contribution is 0.129. The third-order valence-electron chi connectivity index (χ3n) is 3.95. The lowest BCUT2D eigenvalue weighted by atomic mass is 10.0. The monoisotopic (exact) mass is 270 g/mol. The van der Waals surface area contributed by atoms with Gasteiger partial charge in [-0.25, -0.2) is 13.4 Å². The zero-order chi connectivity index (χ0) is 12.8. The highest BCUT2D eigenvalue weighted by molar-refractivity contribution is 7.91. The summed E-state index contributed by atoms with van der Waals surface area (Å²) in [4.78, 5) is 4.40. The topological polar surface area (TPSA) is 72.2 Å². The van der Waals surface area contributed by atoms with E-state index in [9.17, 15) is 13.5 Å². The standard InChI is InChI=1S/C12H18N2O3S/c15-11-2-1-10-6-13-12(14(10)7-11)5-9-3-4-18(16,17)8-9/h6,9,11,15H,1-5,7-8H2. The van der Waals surface area contributed by atoms with Crippen molar-refractivity contribution in [3.63, 3.8) is 0 Å². The quantitative estimate of drug-likeness (QED) is 0.831. The van der Waals surface area contributed by atoms with Gasteiger partial charge < -0.3 is 9.67 Å². The number of aromatic nitrogens is 2. The molecule has 1 fully saturated rings. The molecule has 1 aromatic heterocycles. The van der Waals surface area contributed by atoms with Gasteiger partial charge in [-0.2, -0.15) is 0 Å². The van der Waals surface area contributed by atoms with Crippen LogP contribution in [0.2, 0.25) is 0 Å². The van der Waals surface area contributed by atoms with Gasteiger partial charge >= 0.3 is 0 Å².